The lowest BCUT2D eigenvalue weighted by Crippen LogP contribution is -2.55. The van der Waals surface area contributed by atoms with Crippen LogP contribution in [0.5, 0.6) is 0 Å². The molecule has 0 unspecified atom stereocenters. The van der Waals surface area contributed by atoms with E-state index in [1.165, 1.54) is 11.3 Å². The average Bonchev–Trinajstić information content (AvgIpc) is 3.16. The predicted molar refractivity (Wildman–Crippen MR) is 93.5 cm³/mol. The van der Waals surface area contributed by atoms with Crippen molar-refractivity contribution in [1.82, 2.24) is 5.32 Å². The highest BCUT2D eigenvalue weighted by atomic mass is 32.1. The van der Waals surface area contributed by atoms with Gasteiger partial charge in [-0.15, -0.1) is 11.3 Å². The van der Waals surface area contributed by atoms with Crippen LogP contribution in [-0.2, 0) is 17.6 Å². The normalized spacial score (nSPS) is 15.2. The summed E-state index contributed by atoms with van der Waals surface area (Å²) in [4.78, 5) is 25.1. The summed E-state index contributed by atoms with van der Waals surface area (Å²) >= 11 is 1.38. The molecule has 4 rings (SSSR count). The zero-order valence-corrected chi connectivity index (χ0v) is 13.6. The molecule has 0 fully saturated rings. The van der Waals surface area contributed by atoms with Gasteiger partial charge in [0.15, 0.2) is 0 Å². The van der Waals surface area contributed by atoms with Gasteiger partial charge in [-0.25, -0.2) is 4.79 Å². The Morgan fingerprint density at radius 1 is 1.00 bits per heavy atom. The van der Waals surface area contributed by atoms with Crippen molar-refractivity contribution >= 4 is 33.3 Å². The molecule has 3 aromatic rings. The molecule has 2 N–H and O–H groups in total. The van der Waals surface area contributed by atoms with Crippen molar-refractivity contribution in [2.24, 2.45) is 0 Å². The van der Waals surface area contributed by atoms with Crippen molar-refractivity contribution in [1.29, 1.82) is 0 Å². The zero-order valence-electron chi connectivity index (χ0n) is 12.8. The molecular weight excluding hydrogens is 322 g/mol. The fraction of sp³-hybridized carbons (Fsp3) is 0.158. The van der Waals surface area contributed by atoms with Crippen molar-refractivity contribution in [2.45, 2.75) is 18.4 Å². The molecule has 120 valence electrons. The number of carboxylic acid groups (broad SMARTS) is 1. The van der Waals surface area contributed by atoms with Crippen LogP contribution in [0.2, 0.25) is 0 Å². The molecule has 0 radical (unpaired) electrons. The number of carbonyl (C=O) groups is 2. The van der Waals surface area contributed by atoms with E-state index in [0.717, 1.165) is 21.2 Å². The number of fused-ring (bicyclic) bond motifs is 2. The van der Waals surface area contributed by atoms with E-state index in [9.17, 15) is 14.7 Å². The fourth-order valence-corrected chi connectivity index (χ4v) is 4.24. The molecule has 1 aromatic heterocycles. The minimum absolute atomic E-state index is 0.315. The van der Waals surface area contributed by atoms with Gasteiger partial charge in [-0.1, -0.05) is 42.5 Å². The molecule has 0 saturated heterocycles. The van der Waals surface area contributed by atoms with Gasteiger partial charge in [-0.3, -0.25) is 4.79 Å². The summed E-state index contributed by atoms with van der Waals surface area (Å²) in [7, 11) is 0. The van der Waals surface area contributed by atoms with Crippen LogP contribution in [0, 0.1) is 0 Å². The van der Waals surface area contributed by atoms with E-state index in [2.05, 4.69) is 5.32 Å². The van der Waals surface area contributed by atoms with Gasteiger partial charge < -0.3 is 10.4 Å². The smallest absolute Gasteiger partial charge is 0.330 e. The Hall–Kier alpha value is -2.66. The number of aliphatic carboxylic acids is 1. The molecule has 0 atom stereocenters. The number of hydrogen-bond acceptors (Lipinski definition) is 3. The second-order valence-corrected chi connectivity index (χ2v) is 7.20. The third kappa shape index (κ3) is 2.37. The highest BCUT2D eigenvalue weighted by Gasteiger charge is 2.45. The highest BCUT2D eigenvalue weighted by molar-refractivity contribution is 7.20. The molecule has 0 bridgehead atoms. The van der Waals surface area contributed by atoms with Crippen LogP contribution in [0.4, 0.5) is 0 Å². The number of thiophene rings is 1. The van der Waals surface area contributed by atoms with E-state index < -0.39 is 11.5 Å². The van der Waals surface area contributed by atoms with Gasteiger partial charge >= 0.3 is 5.97 Å². The molecule has 24 heavy (non-hydrogen) atoms. The summed E-state index contributed by atoms with van der Waals surface area (Å²) in [5.41, 5.74) is 0.699. The average molecular weight is 337 g/mol. The van der Waals surface area contributed by atoms with Gasteiger partial charge in [0.25, 0.3) is 5.91 Å². The van der Waals surface area contributed by atoms with E-state index in [0.29, 0.717) is 17.7 Å². The summed E-state index contributed by atoms with van der Waals surface area (Å²) in [6, 6.07) is 17.2. The molecule has 1 heterocycles. The van der Waals surface area contributed by atoms with Crippen LogP contribution in [0.25, 0.3) is 10.1 Å². The lowest BCUT2D eigenvalue weighted by molar-refractivity contribution is -0.144. The SMILES string of the molecule is O=C(NC1(C(=O)O)Cc2ccccc2C1)c1cc2ccccc2s1. The molecule has 1 aliphatic carbocycles. The van der Waals surface area contributed by atoms with Crippen LogP contribution in [-0.4, -0.2) is 22.5 Å². The molecule has 4 nitrogen and oxygen atoms in total. The molecule has 0 aliphatic heterocycles. The summed E-state index contributed by atoms with van der Waals surface area (Å²) in [6.07, 6.45) is 0.629. The van der Waals surface area contributed by atoms with Gasteiger partial charge in [0.1, 0.15) is 5.54 Å². The first kappa shape index (κ1) is 14.9. The van der Waals surface area contributed by atoms with Crippen LogP contribution < -0.4 is 5.32 Å². The third-order valence-corrected chi connectivity index (χ3v) is 5.63. The van der Waals surface area contributed by atoms with Gasteiger partial charge in [0.05, 0.1) is 4.88 Å². The van der Waals surface area contributed by atoms with Gasteiger partial charge in [0.2, 0.25) is 0 Å². The van der Waals surface area contributed by atoms with Gasteiger partial charge in [-0.05, 0) is 28.6 Å². The number of hydrogen-bond donors (Lipinski definition) is 2. The Bertz CT molecular complexity index is 902. The van der Waals surface area contributed by atoms with E-state index in [-0.39, 0.29) is 5.91 Å². The third-order valence-electron chi connectivity index (χ3n) is 4.51. The fourth-order valence-electron chi connectivity index (χ4n) is 3.28. The Labute approximate surface area is 142 Å². The van der Waals surface area contributed by atoms with Crippen molar-refractivity contribution in [3.8, 4) is 0 Å². The lowest BCUT2D eigenvalue weighted by Gasteiger charge is -2.25. The maximum absolute atomic E-state index is 12.7. The topological polar surface area (TPSA) is 66.4 Å². The van der Waals surface area contributed by atoms with Crippen LogP contribution in [0.15, 0.2) is 54.6 Å². The molecule has 1 amide bonds. The summed E-state index contributed by atoms with van der Waals surface area (Å²) in [5, 5.41) is 13.5. The molecule has 5 heteroatoms. The number of rotatable bonds is 3. The number of benzene rings is 2. The second kappa shape index (κ2) is 5.46. The van der Waals surface area contributed by atoms with Crippen molar-refractivity contribution in [3.63, 3.8) is 0 Å². The maximum Gasteiger partial charge on any atom is 0.330 e. The van der Waals surface area contributed by atoms with Crippen LogP contribution >= 0.6 is 11.3 Å². The second-order valence-electron chi connectivity index (χ2n) is 6.11. The lowest BCUT2D eigenvalue weighted by atomic mass is 9.95. The van der Waals surface area contributed by atoms with Gasteiger partial charge in [-0.2, -0.15) is 0 Å². The van der Waals surface area contributed by atoms with E-state index >= 15 is 0 Å². The standard InChI is InChI=1S/C19H15NO3S/c21-17(16-9-12-5-3-4-8-15(12)24-16)20-19(18(22)23)10-13-6-1-2-7-14(13)11-19/h1-9H,10-11H2,(H,20,21)(H,22,23). The first-order chi connectivity index (χ1) is 11.6. The summed E-state index contributed by atoms with van der Waals surface area (Å²) in [5.74, 6) is -1.32. The van der Waals surface area contributed by atoms with E-state index in [1.54, 1.807) is 0 Å². The minimum Gasteiger partial charge on any atom is -0.479 e. The van der Waals surface area contributed by atoms with Crippen molar-refractivity contribution in [2.75, 3.05) is 0 Å². The Morgan fingerprint density at radius 2 is 1.62 bits per heavy atom. The minimum atomic E-state index is -1.27. The molecule has 0 spiro atoms. The monoisotopic (exact) mass is 337 g/mol. The number of carbonyl (C=O) groups excluding carboxylic acids is 1. The largest absolute Gasteiger partial charge is 0.479 e. The van der Waals surface area contributed by atoms with Crippen molar-refractivity contribution < 1.29 is 14.7 Å². The number of nitrogens with one attached hydrogen (secondary N) is 1. The number of amides is 1. The highest BCUT2D eigenvalue weighted by Crippen LogP contribution is 2.32. The quantitative estimate of drug-likeness (QED) is 0.771. The first-order valence-corrected chi connectivity index (χ1v) is 8.50. The maximum atomic E-state index is 12.7. The summed E-state index contributed by atoms with van der Waals surface area (Å²) < 4.78 is 1.02. The van der Waals surface area contributed by atoms with Crippen LogP contribution in [0.1, 0.15) is 20.8 Å². The Morgan fingerprint density at radius 3 is 2.25 bits per heavy atom. The zero-order chi connectivity index (χ0) is 16.7. The predicted octanol–water partition coefficient (Wildman–Crippen LogP) is 3.25. The Balaban J connectivity index is 1.65. The molecule has 0 saturated carbocycles. The first-order valence-electron chi connectivity index (χ1n) is 7.69. The van der Waals surface area contributed by atoms with Crippen molar-refractivity contribution in [3.05, 3.63) is 70.6 Å². The van der Waals surface area contributed by atoms with E-state index in [4.69, 9.17) is 0 Å². The molecular formula is C19H15NO3S. The van der Waals surface area contributed by atoms with Crippen LogP contribution in [0.3, 0.4) is 0 Å². The Kier molecular flexibility index (Phi) is 3.39. The molecule has 2 aromatic carbocycles. The summed E-state index contributed by atoms with van der Waals surface area (Å²) in [6.45, 7) is 0. The number of carboxylic acids is 1. The van der Waals surface area contributed by atoms with E-state index in [1.807, 2.05) is 54.6 Å². The molecule has 1 aliphatic rings. The van der Waals surface area contributed by atoms with Gasteiger partial charge in [0, 0.05) is 17.5 Å².